The van der Waals surface area contributed by atoms with Gasteiger partial charge < -0.3 is 10.1 Å². The van der Waals surface area contributed by atoms with E-state index in [1.165, 1.54) is 10.9 Å². The molecule has 1 saturated carbocycles. The molecule has 168 valence electrons. The molecule has 1 fully saturated rings. The Morgan fingerprint density at radius 3 is 2.62 bits per heavy atom. The molecule has 3 aromatic rings. The molecule has 2 N–H and O–H groups in total. The van der Waals surface area contributed by atoms with Gasteiger partial charge in [0.2, 0.25) is 10.0 Å². The van der Waals surface area contributed by atoms with Gasteiger partial charge in [-0.3, -0.25) is 14.3 Å². The minimum Gasteiger partial charge on any atom is -0.455 e. The van der Waals surface area contributed by atoms with E-state index in [1.807, 2.05) is 36.4 Å². The molecular formula is C20H22N6O5S. The van der Waals surface area contributed by atoms with Gasteiger partial charge >= 0.3 is 5.97 Å². The molecule has 11 nitrogen and oxygen atoms in total. The van der Waals surface area contributed by atoms with Gasteiger partial charge in [-0.05, 0) is 25.0 Å². The number of nitrogens with one attached hydrogen (secondary N) is 2. The summed E-state index contributed by atoms with van der Waals surface area (Å²) in [5.74, 6) is -0.589. The number of anilines is 1. The van der Waals surface area contributed by atoms with Crippen molar-refractivity contribution in [1.29, 1.82) is 0 Å². The van der Waals surface area contributed by atoms with Gasteiger partial charge in [0.1, 0.15) is 17.3 Å². The molecule has 2 heterocycles. The third-order valence-corrected chi connectivity index (χ3v) is 6.11. The largest absolute Gasteiger partial charge is 0.455 e. The summed E-state index contributed by atoms with van der Waals surface area (Å²) in [5, 5.41) is 11.1. The molecule has 0 bridgehead atoms. The Hall–Kier alpha value is -3.51. The second-order valence-corrected chi connectivity index (χ2v) is 9.13. The Bertz CT molecular complexity index is 1230. The van der Waals surface area contributed by atoms with Crippen LogP contribution in [0.25, 0.3) is 5.69 Å². The topological polar surface area (TPSA) is 137 Å². The highest BCUT2D eigenvalue weighted by atomic mass is 32.2. The summed E-state index contributed by atoms with van der Waals surface area (Å²) < 4.78 is 34.2. The third-order valence-electron chi connectivity index (χ3n) is 4.75. The zero-order valence-corrected chi connectivity index (χ0v) is 18.1. The molecule has 0 unspecified atom stereocenters. The fourth-order valence-electron chi connectivity index (χ4n) is 2.98. The van der Waals surface area contributed by atoms with Crippen LogP contribution in [0.4, 0.5) is 5.82 Å². The smallest absolute Gasteiger partial charge is 0.321 e. The SMILES string of the molecule is Cn1cc(S(=O)(=O)NCC(=O)OCC(=O)Nc2cc(C3CC3)nn2-c2ccccc2)cn1. The van der Waals surface area contributed by atoms with Crippen LogP contribution in [0.1, 0.15) is 24.5 Å². The Morgan fingerprint density at radius 2 is 1.97 bits per heavy atom. The number of rotatable bonds is 9. The van der Waals surface area contributed by atoms with Crippen LogP contribution in [-0.2, 0) is 31.4 Å². The average Bonchev–Trinajstić information content (AvgIpc) is 3.40. The Labute approximate surface area is 184 Å². The standard InChI is InChI=1S/C20H22N6O5S/c1-25-12-16(10-21-25)32(29,30)22-11-20(28)31-13-19(27)23-18-9-17(14-7-8-14)24-26(18)15-5-3-2-4-6-15/h2-6,9-10,12,14,22H,7-8,11,13H2,1H3,(H,23,27). The minimum atomic E-state index is -3.90. The van der Waals surface area contributed by atoms with Crippen molar-refractivity contribution in [2.24, 2.45) is 7.05 Å². The number of aryl methyl sites for hydroxylation is 1. The number of hydrogen-bond acceptors (Lipinski definition) is 7. The number of carbonyl (C=O) groups is 2. The number of hydrogen-bond donors (Lipinski definition) is 2. The average molecular weight is 459 g/mol. The zero-order chi connectivity index (χ0) is 22.7. The molecule has 4 rings (SSSR count). The van der Waals surface area contributed by atoms with Gasteiger partial charge in [-0.15, -0.1) is 0 Å². The van der Waals surface area contributed by atoms with E-state index in [0.29, 0.717) is 11.7 Å². The van der Waals surface area contributed by atoms with E-state index in [-0.39, 0.29) is 4.90 Å². The van der Waals surface area contributed by atoms with Gasteiger partial charge in [0.25, 0.3) is 5.91 Å². The number of ether oxygens (including phenoxy) is 1. The highest BCUT2D eigenvalue weighted by Crippen LogP contribution is 2.40. The maximum atomic E-state index is 12.3. The molecule has 2 aromatic heterocycles. The monoisotopic (exact) mass is 458 g/mol. The lowest BCUT2D eigenvalue weighted by Crippen LogP contribution is -2.32. The minimum absolute atomic E-state index is 0.0776. The van der Waals surface area contributed by atoms with Crippen molar-refractivity contribution in [3.8, 4) is 5.69 Å². The van der Waals surface area contributed by atoms with E-state index < -0.39 is 35.1 Å². The van der Waals surface area contributed by atoms with Crippen molar-refractivity contribution >= 4 is 27.7 Å². The van der Waals surface area contributed by atoms with E-state index in [9.17, 15) is 18.0 Å². The summed E-state index contributed by atoms with van der Waals surface area (Å²) in [6.07, 6.45) is 4.58. The van der Waals surface area contributed by atoms with E-state index >= 15 is 0 Å². The van der Waals surface area contributed by atoms with Crippen LogP contribution in [0.2, 0.25) is 0 Å². The quantitative estimate of drug-likeness (QED) is 0.455. The van der Waals surface area contributed by atoms with Crippen molar-refractivity contribution in [2.45, 2.75) is 23.7 Å². The van der Waals surface area contributed by atoms with E-state index in [4.69, 9.17) is 4.74 Å². The Balaban J connectivity index is 1.33. The van der Waals surface area contributed by atoms with Crippen molar-refractivity contribution in [3.63, 3.8) is 0 Å². The molecule has 12 heteroatoms. The molecule has 32 heavy (non-hydrogen) atoms. The predicted molar refractivity (Wildman–Crippen MR) is 114 cm³/mol. The first-order valence-corrected chi connectivity index (χ1v) is 11.4. The van der Waals surface area contributed by atoms with Crippen molar-refractivity contribution in [2.75, 3.05) is 18.5 Å². The number of nitrogens with zero attached hydrogens (tertiary/aromatic N) is 4. The van der Waals surface area contributed by atoms with Gasteiger partial charge in [-0.1, -0.05) is 18.2 Å². The molecule has 1 amide bonds. The van der Waals surface area contributed by atoms with Crippen LogP contribution in [0.15, 0.2) is 53.7 Å². The summed E-state index contributed by atoms with van der Waals surface area (Å²) >= 11 is 0. The van der Waals surface area contributed by atoms with Gasteiger partial charge in [-0.2, -0.15) is 14.9 Å². The van der Waals surface area contributed by atoms with Crippen molar-refractivity contribution in [3.05, 3.63) is 54.5 Å². The Morgan fingerprint density at radius 1 is 1.22 bits per heavy atom. The van der Waals surface area contributed by atoms with E-state index in [2.05, 4.69) is 20.2 Å². The maximum Gasteiger partial charge on any atom is 0.321 e. The maximum absolute atomic E-state index is 12.3. The lowest BCUT2D eigenvalue weighted by molar-refractivity contribution is -0.146. The first-order chi connectivity index (χ1) is 15.3. The normalized spacial score (nSPS) is 13.7. The number of amides is 1. The lowest BCUT2D eigenvalue weighted by atomic mass is 10.3. The predicted octanol–water partition coefficient (Wildman–Crippen LogP) is 0.943. The van der Waals surface area contributed by atoms with E-state index in [1.54, 1.807) is 11.7 Å². The second kappa shape index (κ2) is 8.93. The molecule has 0 radical (unpaired) electrons. The molecule has 0 saturated heterocycles. The van der Waals surface area contributed by atoms with Crippen LogP contribution in [0.3, 0.4) is 0 Å². The number of esters is 1. The third kappa shape index (κ3) is 5.21. The summed E-state index contributed by atoms with van der Waals surface area (Å²) in [7, 11) is -2.33. The van der Waals surface area contributed by atoms with Crippen LogP contribution in [-0.4, -0.2) is 53.0 Å². The fourth-order valence-corrected chi connectivity index (χ4v) is 3.94. The molecule has 0 aliphatic heterocycles. The zero-order valence-electron chi connectivity index (χ0n) is 17.3. The highest BCUT2D eigenvalue weighted by molar-refractivity contribution is 7.89. The van der Waals surface area contributed by atoms with Gasteiger partial charge in [-0.25, -0.2) is 13.1 Å². The molecule has 0 atom stereocenters. The molecule has 0 spiro atoms. The number of carbonyl (C=O) groups excluding carboxylic acids is 2. The summed E-state index contributed by atoms with van der Waals surface area (Å²) in [4.78, 5) is 24.2. The van der Waals surface area contributed by atoms with Crippen LogP contribution >= 0.6 is 0 Å². The summed E-state index contributed by atoms with van der Waals surface area (Å²) in [5.41, 5.74) is 1.68. The van der Waals surface area contributed by atoms with Crippen molar-refractivity contribution in [1.82, 2.24) is 24.3 Å². The summed E-state index contributed by atoms with van der Waals surface area (Å²) in [6.45, 7) is -1.18. The van der Waals surface area contributed by atoms with Gasteiger partial charge in [0.15, 0.2) is 6.61 Å². The lowest BCUT2D eigenvalue weighted by Gasteiger charge is -2.09. The van der Waals surface area contributed by atoms with Gasteiger partial charge in [0, 0.05) is 25.2 Å². The first kappa shape index (κ1) is 21.7. The molecule has 1 aliphatic carbocycles. The Kier molecular flexibility index (Phi) is 6.06. The van der Waals surface area contributed by atoms with Crippen molar-refractivity contribution < 1.29 is 22.7 Å². The van der Waals surface area contributed by atoms with Crippen LogP contribution in [0, 0.1) is 0 Å². The second-order valence-electron chi connectivity index (χ2n) is 7.36. The molecule has 1 aromatic carbocycles. The number of aromatic nitrogens is 4. The van der Waals surface area contributed by atoms with E-state index in [0.717, 1.165) is 30.4 Å². The fraction of sp³-hybridized carbons (Fsp3) is 0.300. The first-order valence-electron chi connectivity index (χ1n) is 9.91. The molecular weight excluding hydrogens is 436 g/mol. The van der Waals surface area contributed by atoms with Crippen LogP contribution in [0.5, 0.6) is 0 Å². The molecule has 1 aliphatic rings. The highest BCUT2D eigenvalue weighted by Gasteiger charge is 2.28. The number of sulfonamides is 1. The summed E-state index contributed by atoms with van der Waals surface area (Å²) in [6, 6.07) is 11.2. The number of para-hydroxylation sites is 1. The van der Waals surface area contributed by atoms with Crippen LogP contribution < -0.4 is 10.0 Å². The number of benzene rings is 1. The van der Waals surface area contributed by atoms with Gasteiger partial charge in [0.05, 0.1) is 17.6 Å².